The molecule has 0 aliphatic rings. The monoisotopic (exact) mass is 253 g/mol. The highest BCUT2D eigenvalue weighted by molar-refractivity contribution is 6.03. The average molecular weight is 253 g/mol. The molecule has 0 unspecified atom stereocenters. The van der Waals surface area contributed by atoms with Gasteiger partial charge in [0.2, 0.25) is 0 Å². The molecular formula is C17H19NO. The summed E-state index contributed by atoms with van der Waals surface area (Å²) in [7, 11) is 0. The number of carbonyl (C=O) groups excluding carboxylic acids is 1. The zero-order valence-electron chi connectivity index (χ0n) is 11.5. The largest absolute Gasteiger partial charge is 0.293 e. The number of hydrogen-bond donors (Lipinski definition) is 0. The number of ketones is 1. The third-order valence-electron chi connectivity index (χ3n) is 3.89. The van der Waals surface area contributed by atoms with E-state index in [9.17, 15) is 4.79 Å². The van der Waals surface area contributed by atoms with Crippen LogP contribution in [-0.4, -0.2) is 10.8 Å². The Hall–Kier alpha value is -1.96. The minimum absolute atomic E-state index is 0.164. The lowest BCUT2D eigenvalue weighted by molar-refractivity contribution is 0.0872. The summed E-state index contributed by atoms with van der Waals surface area (Å²) in [6.07, 6.45) is 4.94. The standard InChI is InChI=1S/C17H19NO/c1-3-17(4-2,15-10-6-5-7-11-15)16(19)14-9-8-12-18-13-14/h5-13H,3-4H2,1-2H3. The molecule has 0 bridgehead atoms. The van der Waals surface area contributed by atoms with E-state index in [0.717, 1.165) is 18.4 Å². The second-order valence-corrected chi connectivity index (χ2v) is 4.73. The number of carbonyl (C=O) groups is 1. The van der Waals surface area contributed by atoms with E-state index >= 15 is 0 Å². The minimum Gasteiger partial charge on any atom is -0.293 e. The predicted molar refractivity (Wildman–Crippen MR) is 77.3 cm³/mol. The van der Waals surface area contributed by atoms with E-state index in [0.29, 0.717) is 5.56 Å². The Kier molecular flexibility index (Phi) is 4.10. The van der Waals surface area contributed by atoms with Crippen molar-refractivity contribution < 1.29 is 4.79 Å². The summed E-state index contributed by atoms with van der Waals surface area (Å²) in [5, 5.41) is 0. The molecule has 0 N–H and O–H groups in total. The van der Waals surface area contributed by atoms with E-state index in [1.54, 1.807) is 12.4 Å². The molecule has 1 heterocycles. The third-order valence-corrected chi connectivity index (χ3v) is 3.89. The molecule has 2 rings (SSSR count). The summed E-state index contributed by atoms with van der Waals surface area (Å²) in [4.78, 5) is 17.0. The van der Waals surface area contributed by atoms with Crippen LogP contribution in [0, 0.1) is 0 Å². The van der Waals surface area contributed by atoms with E-state index in [-0.39, 0.29) is 5.78 Å². The Labute approximate surface area is 114 Å². The van der Waals surface area contributed by atoms with Gasteiger partial charge in [0.15, 0.2) is 5.78 Å². The summed E-state index contributed by atoms with van der Waals surface area (Å²) in [5.74, 6) is 0.164. The number of pyridine rings is 1. The van der Waals surface area contributed by atoms with Crippen LogP contribution in [0.3, 0.4) is 0 Å². The number of benzene rings is 1. The van der Waals surface area contributed by atoms with Crippen LogP contribution in [0.25, 0.3) is 0 Å². The van der Waals surface area contributed by atoms with E-state index in [1.807, 2.05) is 42.5 Å². The van der Waals surface area contributed by atoms with Gasteiger partial charge in [-0.3, -0.25) is 9.78 Å². The Morgan fingerprint density at radius 2 is 1.74 bits per heavy atom. The number of Topliss-reactive ketones (excluding diaryl/α,β-unsaturated/α-hetero) is 1. The van der Waals surface area contributed by atoms with Crippen LogP contribution in [-0.2, 0) is 5.41 Å². The molecule has 1 aromatic carbocycles. The minimum atomic E-state index is -0.440. The fourth-order valence-corrected chi connectivity index (χ4v) is 2.64. The fraction of sp³-hybridized carbons (Fsp3) is 0.294. The van der Waals surface area contributed by atoms with Gasteiger partial charge in [-0.2, -0.15) is 0 Å². The normalized spacial score (nSPS) is 11.3. The molecule has 2 aromatic rings. The van der Waals surface area contributed by atoms with Crippen molar-refractivity contribution in [3.05, 3.63) is 66.0 Å². The van der Waals surface area contributed by atoms with Crippen LogP contribution >= 0.6 is 0 Å². The van der Waals surface area contributed by atoms with Gasteiger partial charge in [0, 0.05) is 18.0 Å². The van der Waals surface area contributed by atoms with E-state index in [2.05, 4.69) is 18.8 Å². The van der Waals surface area contributed by atoms with Crippen molar-refractivity contribution in [2.45, 2.75) is 32.1 Å². The molecule has 0 saturated heterocycles. The van der Waals surface area contributed by atoms with Crippen molar-refractivity contribution in [1.29, 1.82) is 0 Å². The topological polar surface area (TPSA) is 30.0 Å². The maximum Gasteiger partial charge on any atom is 0.174 e. The number of hydrogen-bond acceptors (Lipinski definition) is 2. The van der Waals surface area contributed by atoms with Crippen molar-refractivity contribution in [3.8, 4) is 0 Å². The second kappa shape index (κ2) is 5.79. The lowest BCUT2D eigenvalue weighted by atomic mass is 9.71. The Balaban J connectivity index is 2.49. The Morgan fingerprint density at radius 3 is 2.26 bits per heavy atom. The zero-order chi connectivity index (χ0) is 13.7. The maximum absolute atomic E-state index is 12.9. The van der Waals surface area contributed by atoms with Crippen LogP contribution in [0.15, 0.2) is 54.9 Å². The number of rotatable bonds is 5. The highest BCUT2D eigenvalue weighted by Gasteiger charge is 2.37. The first-order chi connectivity index (χ1) is 9.24. The van der Waals surface area contributed by atoms with Gasteiger partial charge < -0.3 is 0 Å². The summed E-state index contributed by atoms with van der Waals surface area (Å²) in [6.45, 7) is 4.15. The molecular weight excluding hydrogens is 234 g/mol. The quantitative estimate of drug-likeness (QED) is 0.753. The van der Waals surface area contributed by atoms with Crippen LogP contribution < -0.4 is 0 Å². The molecule has 98 valence electrons. The molecule has 19 heavy (non-hydrogen) atoms. The van der Waals surface area contributed by atoms with Gasteiger partial charge in [-0.05, 0) is 30.5 Å². The van der Waals surface area contributed by atoms with E-state index in [4.69, 9.17) is 0 Å². The van der Waals surface area contributed by atoms with Crippen LogP contribution in [0.5, 0.6) is 0 Å². The SMILES string of the molecule is CCC(CC)(C(=O)c1cccnc1)c1ccccc1. The third kappa shape index (κ3) is 2.43. The van der Waals surface area contributed by atoms with Crippen LogP contribution in [0.1, 0.15) is 42.6 Å². The first kappa shape index (κ1) is 13.5. The second-order valence-electron chi connectivity index (χ2n) is 4.73. The van der Waals surface area contributed by atoms with Gasteiger partial charge in [-0.15, -0.1) is 0 Å². The van der Waals surface area contributed by atoms with Gasteiger partial charge in [0.05, 0.1) is 5.41 Å². The molecule has 0 spiro atoms. The van der Waals surface area contributed by atoms with Crippen molar-refractivity contribution >= 4 is 5.78 Å². The van der Waals surface area contributed by atoms with Crippen molar-refractivity contribution in [2.24, 2.45) is 0 Å². The summed E-state index contributed by atoms with van der Waals surface area (Å²) in [5.41, 5.74) is 1.34. The first-order valence-corrected chi connectivity index (χ1v) is 6.75. The van der Waals surface area contributed by atoms with Gasteiger partial charge in [0.25, 0.3) is 0 Å². The lowest BCUT2D eigenvalue weighted by Gasteiger charge is -2.30. The van der Waals surface area contributed by atoms with Gasteiger partial charge in [0.1, 0.15) is 0 Å². The van der Waals surface area contributed by atoms with Crippen molar-refractivity contribution in [2.75, 3.05) is 0 Å². The lowest BCUT2D eigenvalue weighted by Crippen LogP contribution is -2.34. The maximum atomic E-state index is 12.9. The van der Waals surface area contributed by atoms with Crippen LogP contribution in [0.2, 0.25) is 0 Å². The fourth-order valence-electron chi connectivity index (χ4n) is 2.64. The Bertz CT molecular complexity index is 530. The molecule has 0 aliphatic carbocycles. The highest BCUT2D eigenvalue weighted by atomic mass is 16.1. The first-order valence-electron chi connectivity index (χ1n) is 6.75. The zero-order valence-corrected chi connectivity index (χ0v) is 11.5. The van der Waals surface area contributed by atoms with E-state index < -0.39 is 5.41 Å². The number of nitrogens with zero attached hydrogens (tertiary/aromatic N) is 1. The van der Waals surface area contributed by atoms with Gasteiger partial charge in [-0.1, -0.05) is 44.2 Å². The molecule has 0 atom stereocenters. The number of aromatic nitrogens is 1. The molecule has 0 saturated carbocycles. The molecule has 0 amide bonds. The van der Waals surface area contributed by atoms with Gasteiger partial charge >= 0.3 is 0 Å². The van der Waals surface area contributed by atoms with Crippen molar-refractivity contribution in [3.63, 3.8) is 0 Å². The van der Waals surface area contributed by atoms with Gasteiger partial charge in [-0.25, -0.2) is 0 Å². The smallest absolute Gasteiger partial charge is 0.174 e. The summed E-state index contributed by atoms with van der Waals surface area (Å²) < 4.78 is 0. The van der Waals surface area contributed by atoms with Crippen LogP contribution in [0.4, 0.5) is 0 Å². The van der Waals surface area contributed by atoms with Crippen molar-refractivity contribution in [1.82, 2.24) is 4.98 Å². The Morgan fingerprint density at radius 1 is 1.05 bits per heavy atom. The average Bonchev–Trinajstić information content (AvgIpc) is 2.51. The predicted octanol–water partition coefficient (Wildman–Crippen LogP) is 4.02. The molecule has 0 radical (unpaired) electrons. The molecule has 0 aliphatic heterocycles. The van der Waals surface area contributed by atoms with E-state index in [1.165, 1.54) is 0 Å². The highest BCUT2D eigenvalue weighted by Crippen LogP contribution is 2.35. The summed E-state index contributed by atoms with van der Waals surface area (Å²) in [6, 6.07) is 13.7. The summed E-state index contributed by atoms with van der Waals surface area (Å²) >= 11 is 0. The molecule has 2 heteroatoms. The molecule has 1 aromatic heterocycles. The molecule has 2 nitrogen and oxygen atoms in total. The molecule has 0 fully saturated rings.